The molecule has 0 saturated carbocycles. The first-order valence-electron chi connectivity index (χ1n) is 9.73. The summed E-state index contributed by atoms with van der Waals surface area (Å²) in [5.41, 5.74) is 0.717. The van der Waals surface area contributed by atoms with E-state index in [0.717, 1.165) is 0 Å². The Morgan fingerprint density at radius 2 is 1.65 bits per heavy atom. The van der Waals surface area contributed by atoms with Crippen molar-refractivity contribution in [1.29, 1.82) is 0 Å². The van der Waals surface area contributed by atoms with Crippen LogP contribution < -0.4 is 9.47 Å². The Morgan fingerprint density at radius 1 is 1.03 bits per heavy atom. The molecule has 0 radical (unpaired) electrons. The standard InChI is InChI=1S/C21H22ClN3O5S/c1-28-17-11-15(12-18(13-17)29-2)20-23-21(30-24-20)14-7-9-25(10-8-14)31(26,27)19-5-3-16(22)4-6-19/h3-6,11-14H,7-10H2,1-2H3. The van der Waals surface area contributed by atoms with E-state index in [0.29, 0.717) is 59.7 Å². The first kappa shape index (κ1) is 21.6. The van der Waals surface area contributed by atoms with Crippen LogP contribution in [-0.4, -0.2) is 50.2 Å². The first-order valence-corrected chi connectivity index (χ1v) is 11.6. The summed E-state index contributed by atoms with van der Waals surface area (Å²) < 4.78 is 43.3. The molecule has 1 aliphatic heterocycles. The van der Waals surface area contributed by atoms with Crippen LogP contribution in [0, 0.1) is 0 Å². The Labute approximate surface area is 185 Å². The van der Waals surface area contributed by atoms with Gasteiger partial charge in [0, 0.05) is 35.7 Å². The molecule has 1 fully saturated rings. The van der Waals surface area contributed by atoms with Gasteiger partial charge < -0.3 is 14.0 Å². The molecule has 0 atom stereocenters. The van der Waals surface area contributed by atoms with Crippen molar-refractivity contribution in [1.82, 2.24) is 14.4 Å². The number of nitrogens with zero attached hydrogens (tertiary/aromatic N) is 3. The van der Waals surface area contributed by atoms with Gasteiger partial charge in [-0.3, -0.25) is 0 Å². The van der Waals surface area contributed by atoms with Crippen LogP contribution in [0.1, 0.15) is 24.7 Å². The van der Waals surface area contributed by atoms with Crippen molar-refractivity contribution < 1.29 is 22.4 Å². The topological polar surface area (TPSA) is 94.8 Å². The number of ether oxygens (including phenoxy) is 2. The normalized spacial score (nSPS) is 15.7. The minimum atomic E-state index is -3.56. The Bertz CT molecular complexity index is 1130. The summed E-state index contributed by atoms with van der Waals surface area (Å²) in [7, 11) is -0.406. The number of sulfonamides is 1. The lowest BCUT2D eigenvalue weighted by molar-refractivity contribution is 0.271. The van der Waals surface area contributed by atoms with E-state index in [1.54, 1.807) is 44.6 Å². The number of methoxy groups -OCH3 is 2. The van der Waals surface area contributed by atoms with E-state index < -0.39 is 10.0 Å². The van der Waals surface area contributed by atoms with Gasteiger partial charge in [0.1, 0.15) is 11.5 Å². The third-order valence-corrected chi connectivity index (χ3v) is 7.47. The van der Waals surface area contributed by atoms with Crippen LogP contribution in [0.2, 0.25) is 5.02 Å². The highest BCUT2D eigenvalue weighted by atomic mass is 35.5. The van der Waals surface area contributed by atoms with E-state index in [1.807, 2.05) is 0 Å². The largest absolute Gasteiger partial charge is 0.497 e. The Hall–Kier alpha value is -2.62. The average molecular weight is 464 g/mol. The quantitative estimate of drug-likeness (QED) is 0.545. The van der Waals surface area contributed by atoms with Crippen molar-refractivity contribution in [2.24, 2.45) is 0 Å². The molecule has 0 amide bonds. The third-order valence-electron chi connectivity index (χ3n) is 5.31. The van der Waals surface area contributed by atoms with E-state index in [1.165, 1.54) is 16.4 Å². The molecule has 1 aromatic heterocycles. The summed E-state index contributed by atoms with van der Waals surface area (Å²) in [5, 5.41) is 4.59. The van der Waals surface area contributed by atoms with Crippen molar-refractivity contribution >= 4 is 21.6 Å². The van der Waals surface area contributed by atoms with Gasteiger partial charge in [0.2, 0.25) is 21.7 Å². The van der Waals surface area contributed by atoms with Gasteiger partial charge in [0.25, 0.3) is 0 Å². The maximum atomic E-state index is 12.9. The van der Waals surface area contributed by atoms with Gasteiger partial charge >= 0.3 is 0 Å². The lowest BCUT2D eigenvalue weighted by Crippen LogP contribution is -2.37. The third kappa shape index (κ3) is 4.53. The molecule has 164 valence electrons. The molecule has 0 N–H and O–H groups in total. The van der Waals surface area contributed by atoms with E-state index in [-0.39, 0.29) is 10.8 Å². The molecule has 2 aromatic carbocycles. The Kier molecular flexibility index (Phi) is 6.17. The van der Waals surface area contributed by atoms with E-state index in [4.69, 9.17) is 25.6 Å². The maximum absolute atomic E-state index is 12.9. The Balaban J connectivity index is 1.47. The monoisotopic (exact) mass is 463 g/mol. The minimum absolute atomic E-state index is 0.00887. The minimum Gasteiger partial charge on any atom is -0.497 e. The predicted octanol–water partition coefficient (Wildman–Crippen LogP) is 3.98. The van der Waals surface area contributed by atoms with E-state index in [9.17, 15) is 8.42 Å². The number of hydrogen-bond acceptors (Lipinski definition) is 7. The summed E-state index contributed by atoms with van der Waals surface area (Å²) in [6.45, 7) is 0.751. The first-order chi connectivity index (χ1) is 14.9. The van der Waals surface area contributed by atoms with Crippen LogP contribution in [0.5, 0.6) is 11.5 Å². The van der Waals surface area contributed by atoms with Crippen LogP contribution in [-0.2, 0) is 10.0 Å². The number of halogens is 1. The molecule has 0 bridgehead atoms. The second-order valence-electron chi connectivity index (χ2n) is 7.19. The van der Waals surface area contributed by atoms with Crippen molar-refractivity contribution in [3.63, 3.8) is 0 Å². The fraction of sp³-hybridized carbons (Fsp3) is 0.333. The molecule has 4 rings (SSSR count). The summed E-state index contributed by atoms with van der Waals surface area (Å²) in [6, 6.07) is 11.6. The van der Waals surface area contributed by atoms with Crippen LogP contribution in [0.15, 0.2) is 51.9 Å². The van der Waals surface area contributed by atoms with Crippen LogP contribution >= 0.6 is 11.6 Å². The number of hydrogen-bond donors (Lipinski definition) is 0. The summed E-state index contributed by atoms with van der Waals surface area (Å²) in [4.78, 5) is 4.78. The summed E-state index contributed by atoms with van der Waals surface area (Å²) in [6.07, 6.45) is 1.19. The van der Waals surface area contributed by atoms with Gasteiger partial charge in [0.15, 0.2) is 0 Å². The highest BCUT2D eigenvalue weighted by molar-refractivity contribution is 7.89. The molecule has 10 heteroatoms. The molecule has 8 nitrogen and oxygen atoms in total. The van der Waals surface area contributed by atoms with E-state index in [2.05, 4.69) is 10.1 Å². The van der Waals surface area contributed by atoms with Crippen molar-refractivity contribution in [2.45, 2.75) is 23.7 Å². The van der Waals surface area contributed by atoms with Gasteiger partial charge in [0.05, 0.1) is 19.1 Å². The van der Waals surface area contributed by atoms with Crippen LogP contribution in [0.4, 0.5) is 0 Å². The zero-order valence-electron chi connectivity index (χ0n) is 17.1. The fourth-order valence-electron chi connectivity index (χ4n) is 3.55. The average Bonchev–Trinajstić information content (AvgIpc) is 3.29. The molecule has 1 aliphatic rings. The van der Waals surface area contributed by atoms with Crippen molar-refractivity contribution in [3.8, 4) is 22.9 Å². The zero-order valence-corrected chi connectivity index (χ0v) is 18.7. The van der Waals surface area contributed by atoms with Crippen LogP contribution in [0.25, 0.3) is 11.4 Å². The second-order valence-corrected chi connectivity index (χ2v) is 9.56. The molecule has 3 aromatic rings. The molecule has 0 aliphatic carbocycles. The molecule has 1 saturated heterocycles. The molecule has 2 heterocycles. The number of benzene rings is 2. The van der Waals surface area contributed by atoms with E-state index >= 15 is 0 Å². The zero-order chi connectivity index (χ0) is 22.0. The lowest BCUT2D eigenvalue weighted by atomic mass is 9.98. The maximum Gasteiger partial charge on any atom is 0.243 e. The summed E-state index contributed by atoms with van der Waals surface area (Å²) in [5.74, 6) is 2.18. The van der Waals surface area contributed by atoms with Crippen molar-refractivity contribution in [2.75, 3.05) is 27.3 Å². The van der Waals surface area contributed by atoms with Gasteiger partial charge in [-0.15, -0.1) is 0 Å². The van der Waals surface area contributed by atoms with Gasteiger partial charge in [-0.25, -0.2) is 8.42 Å². The summed E-state index contributed by atoms with van der Waals surface area (Å²) >= 11 is 5.87. The molecular weight excluding hydrogens is 442 g/mol. The Morgan fingerprint density at radius 3 is 2.23 bits per heavy atom. The van der Waals surface area contributed by atoms with Gasteiger partial charge in [-0.1, -0.05) is 16.8 Å². The lowest BCUT2D eigenvalue weighted by Gasteiger charge is -2.29. The molecular formula is C21H22ClN3O5S. The fourth-order valence-corrected chi connectivity index (χ4v) is 5.15. The number of rotatable bonds is 6. The smallest absolute Gasteiger partial charge is 0.243 e. The molecule has 0 unspecified atom stereocenters. The van der Waals surface area contributed by atoms with Gasteiger partial charge in [-0.05, 0) is 49.2 Å². The highest BCUT2D eigenvalue weighted by Gasteiger charge is 2.32. The highest BCUT2D eigenvalue weighted by Crippen LogP contribution is 2.33. The molecule has 0 spiro atoms. The number of piperidine rings is 1. The SMILES string of the molecule is COc1cc(OC)cc(-c2noc(C3CCN(S(=O)(=O)c4ccc(Cl)cc4)CC3)n2)c1. The second kappa shape index (κ2) is 8.86. The predicted molar refractivity (Wildman–Crippen MR) is 115 cm³/mol. The van der Waals surface area contributed by atoms with Crippen molar-refractivity contribution in [3.05, 3.63) is 53.4 Å². The molecule has 31 heavy (non-hydrogen) atoms. The number of aromatic nitrogens is 2. The van der Waals surface area contributed by atoms with Gasteiger partial charge in [-0.2, -0.15) is 9.29 Å². The van der Waals surface area contributed by atoms with Crippen LogP contribution in [0.3, 0.4) is 0 Å².